The van der Waals surface area contributed by atoms with Gasteiger partial charge in [-0.2, -0.15) is 0 Å². The van der Waals surface area contributed by atoms with E-state index >= 15 is 0 Å². The summed E-state index contributed by atoms with van der Waals surface area (Å²) in [6, 6.07) is 0. The van der Waals surface area contributed by atoms with Crippen molar-refractivity contribution >= 4 is 11.9 Å². The first-order valence-electron chi connectivity index (χ1n) is 6.17. The molecule has 0 radical (unpaired) electrons. The van der Waals surface area contributed by atoms with Gasteiger partial charge in [0.2, 0.25) is 11.6 Å². The van der Waals surface area contributed by atoms with Crippen molar-refractivity contribution in [2.24, 2.45) is 0 Å². The van der Waals surface area contributed by atoms with Gasteiger partial charge in [0.15, 0.2) is 0 Å². The molecule has 2 aliphatic rings. The van der Waals surface area contributed by atoms with Crippen molar-refractivity contribution in [2.45, 2.75) is 51.1 Å². The van der Waals surface area contributed by atoms with E-state index < -0.39 is 23.5 Å². The van der Waals surface area contributed by atoms with Crippen LogP contribution in [-0.4, -0.2) is 36.7 Å². The minimum Gasteiger partial charge on any atom is -0.425 e. The SMILES string of the molecule is CC1(OC(=O)C(=O)OC2(C)CCCO2)CCCO1. The molecular weight excluding hydrogens is 240 g/mol. The van der Waals surface area contributed by atoms with Gasteiger partial charge in [-0.25, -0.2) is 9.59 Å². The molecule has 2 rings (SSSR count). The lowest BCUT2D eigenvalue weighted by Gasteiger charge is -2.25. The number of hydrogen-bond donors (Lipinski definition) is 0. The van der Waals surface area contributed by atoms with Gasteiger partial charge in [-0.1, -0.05) is 0 Å². The van der Waals surface area contributed by atoms with Crippen LogP contribution in [0, 0.1) is 0 Å². The summed E-state index contributed by atoms with van der Waals surface area (Å²) in [6.45, 7) is 4.33. The first-order chi connectivity index (χ1) is 8.43. The third kappa shape index (κ3) is 3.00. The fraction of sp³-hybridized carbons (Fsp3) is 0.833. The molecule has 18 heavy (non-hydrogen) atoms. The maximum absolute atomic E-state index is 11.6. The molecule has 2 saturated heterocycles. The molecule has 2 heterocycles. The smallest absolute Gasteiger partial charge is 0.420 e. The van der Waals surface area contributed by atoms with E-state index in [-0.39, 0.29) is 0 Å². The number of esters is 2. The Morgan fingerprint density at radius 2 is 1.28 bits per heavy atom. The molecule has 2 atom stereocenters. The number of hydrogen-bond acceptors (Lipinski definition) is 6. The Morgan fingerprint density at radius 1 is 0.889 bits per heavy atom. The van der Waals surface area contributed by atoms with Crippen LogP contribution >= 0.6 is 0 Å². The van der Waals surface area contributed by atoms with Crippen molar-refractivity contribution in [3.05, 3.63) is 0 Å². The molecule has 0 N–H and O–H groups in total. The van der Waals surface area contributed by atoms with Crippen molar-refractivity contribution in [1.82, 2.24) is 0 Å². The number of carbonyl (C=O) groups is 2. The summed E-state index contributed by atoms with van der Waals surface area (Å²) >= 11 is 0. The monoisotopic (exact) mass is 258 g/mol. The highest BCUT2D eigenvalue weighted by atomic mass is 16.8. The lowest BCUT2D eigenvalue weighted by atomic mass is 10.2. The Labute approximate surface area is 106 Å². The molecule has 2 aliphatic heterocycles. The summed E-state index contributed by atoms with van der Waals surface area (Å²) in [4.78, 5) is 23.2. The summed E-state index contributed by atoms with van der Waals surface area (Å²) in [5.41, 5.74) is 0. The predicted molar refractivity (Wildman–Crippen MR) is 59.4 cm³/mol. The molecule has 0 amide bonds. The molecule has 0 saturated carbocycles. The van der Waals surface area contributed by atoms with Crippen molar-refractivity contribution in [2.75, 3.05) is 13.2 Å². The van der Waals surface area contributed by atoms with Gasteiger partial charge in [0.05, 0.1) is 13.2 Å². The van der Waals surface area contributed by atoms with E-state index in [1.807, 2.05) is 0 Å². The Morgan fingerprint density at radius 3 is 1.56 bits per heavy atom. The van der Waals surface area contributed by atoms with Crippen molar-refractivity contribution in [1.29, 1.82) is 0 Å². The van der Waals surface area contributed by atoms with Crippen LogP contribution in [0.1, 0.15) is 39.5 Å². The highest BCUT2D eigenvalue weighted by Gasteiger charge is 2.40. The molecule has 0 aromatic rings. The lowest BCUT2D eigenvalue weighted by Crippen LogP contribution is -2.39. The Bertz CT molecular complexity index is 304. The number of carbonyl (C=O) groups excluding carboxylic acids is 2. The van der Waals surface area contributed by atoms with Crippen LogP contribution in [0.2, 0.25) is 0 Å². The average Bonchev–Trinajstić information content (AvgIpc) is 2.88. The topological polar surface area (TPSA) is 71.1 Å². The van der Waals surface area contributed by atoms with Gasteiger partial charge in [0, 0.05) is 26.7 Å². The van der Waals surface area contributed by atoms with Crippen molar-refractivity contribution in [3.8, 4) is 0 Å². The Hall–Kier alpha value is -1.14. The van der Waals surface area contributed by atoms with Crippen molar-refractivity contribution < 1.29 is 28.5 Å². The summed E-state index contributed by atoms with van der Waals surface area (Å²) in [7, 11) is 0. The molecule has 6 nitrogen and oxygen atoms in total. The normalized spacial score (nSPS) is 35.4. The number of rotatable bonds is 2. The predicted octanol–water partition coefficient (Wildman–Crippen LogP) is 1.13. The molecule has 0 aliphatic carbocycles. The van der Waals surface area contributed by atoms with Crippen molar-refractivity contribution in [3.63, 3.8) is 0 Å². The molecule has 6 heteroatoms. The van der Waals surface area contributed by atoms with Crippen LogP contribution in [0.5, 0.6) is 0 Å². The first kappa shape index (κ1) is 13.3. The van der Waals surface area contributed by atoms with Gasteiger partial charge >= 0.3 is 11.9 Å². The summed E-state index contributed by atoms with van der Waals surface area (Å²) in [5.74, 6) is -4.08. The van der Waals surface area contributed by atoms with Crippen LogP contribution in [-0.2, 0) is 28.5 Å². The second kappa shape index (κ2) is 4.85. The molecule has 0 aromatic heterocycles. The maximum atomic E-state index is 11.6. The molecule has 2 unspecified atom stereocenters. The minimum atomic E-state index is -1.03. The zero-order valence-corrected chi connectivity index (χ0v) is 10.7. The molecule has 0 aromatic carbocycles. The van der Waals surface area contributed by atoms with Gasteiger partial charge in [-0.15, -0.1) is 0 Å². The quantitative estimate of drug-likeness (QED) is 0.546. The number of ether oxygens (including phenoxy) is 4. The van der Waals surface area contributed by atoms with Gasteiger partial charge in [0.1, 0.15) is 0 Å². The third-order valence-electron chi connectivity index (χ3n) is 3.15. The fourth-order valence-corrected chi connectivity index (χ4v) is 2.14. The van der Waals surface area contributed by atoms with Crippen LogP contribution < -0.4 is 0 Å². The zero-order valence-electron chi connectivity index (χ0n) is 10.7. The van der Waals surface area contributed by atoms with E-state index in [0.717, 1.165) is 12.8 Å². The van der Waals surface area contributed by atoms with Crippen LogP contribution in [0.15, 0.2) is 0 Å². The van der Waals surface area contributed by atoms with Gasteiger partial charge in [0.25, 0.3) is 0 Å². The highest BCUT2D eigenvalue weighted by Crippen LogP contribution is 2.28. The second-order valence-corrected chi connectivity index (χ2v) is 4.95. The molecular formula is C12H18O6. The highest BCUT2D eigenvalue weighted by molar-refractivity contribution is 6.29. The first-order valence-corrected chi connectivity index (χ1v) is 6.17. The van der Waals surface area contributed by atoms with E-state index in [4.69, 9.17) is 18.9 Å². The lowest BCUT2D eigenvalue weighted by molar-refractivity contribution is -0.229. The average molecular weight is 258 g/mol. The summed E-state index contributed by atoms with van der Waals surface area (Å²) in [5, 5.41) is 0. The van der Waals surface area contributed by atoms with E-state index in [1.165, 1.54) is 0 Å². The zero-order chi connectivity index (χ0) is 13.2. The Kier molecular flexibility index (Phi) is 3.59. The van der Waals surface area contributed by atoms with E-state index in [1.54, 1.807) is 13.8 Å². The fourth-order valence-electron chi connectivity index (χ4n) is 2.14. The van der Waals surface area contributed by atoms with Crippen LogP contribution in [0.3, 0.4) is 0 Å². The summed E-state index contributed by atoms with van der Waals surface area (Å²) < 4.78 is 20.6. The molecule has 102 valence electrons. The standard InChI is InChI=1S/C12H18O6/c1-11(5-3-7-15-11)17-9(13)10(14)18-12(2)6-4-8-16-12/h3-8H2,1-2H3. The molecule has 0 bridgehead atoms. The molecule has 2 fully saturated rings. The van der Waals surface area contributed by atoms with Gasteiger partial charge < -0.3 is 18.9 Å². The largest absolute Gasteiger partial charge is 0.425 e. The summed E-state index contributed by atoms with van der Waals surface area (Å²) in [6.07, 6.45) is 2.78. The Balaban J connectivity index is 1.87. The van der Waals surface area contributed by atoms with E-state index in [9.17, 15) is 9.59 Å². The van der Waals surface area contributed by atoms with Gasteiger partial charge in [-0.05, 0) is 12.8 Å². The second-order valence-electron chi connectivity index (χ2n) is 4.95. The van der Waals surface area contributed by atoms with Gasteiger partial charge in [-0.3, -0.25) is 0 Å². The minimum absolute atomic E-state index is 0.527. The van der Waals surface area contributed by atoms with E-state index in [2.05, 4.69) is 0 Å². The van der Waals surface area contributed by atoms with Crippen LogP contribution in [0.25, 0.3) is 0 Å². The van der Waals surface area contributed by atoms with E-state index in [0.29, 0.717) is 26.1 Å². The third-order valence-corrected chi connectivity index (χ3v) is 3.15. The maximum Gasteiger partial charge on any atom is 0.420 e. The molecule has 0 spiro atoms. The van der Waals surface area contributed by atoms with Crippen LogP contribution in [0.4, 0.5) is 0 Å².